The summed E-state index contributed by atoms with van der Waals surface area (Å²) >= 11 is 1.72. The first-order chi connectivity index (χ1) is 9.76. The summed E-state index contributed by atoms with van der Waals surface area (Å²) < 4.78 is 0. The van der Waals surface area contributed by atoms with Crippen LogP contribution in [0.1, 0.15) is 12.8 Å². The molecule has 0 spiro atoms. The Bertz CT molecular complexity index is 420. The Hall–Kier alpha value is -0.620. The number of thioether (sulfide) groups is 1. The fraction of sp³-hybridized carbons (Fsp3) is 0.714. The predicted octanol–water partition coefficient (Wildman–Crippen LogP) is 0.853. The molecule has 2 rings (SSSR count). The molecule has 0 aromatic carbocycles. The highest BCUT2D eigenvalue weighted by Crippen LogP contribution is 2.27. The van der Waals surface area contributed by atoms with Gasteiger partial charge in [-0.2, -0.15) is 0 Å². The maximum Gasteiger partial charge on any atom is 0.242 e. The Balaban J connectivity index is 0.00000220. The SMILES string of the molecule is C#CCSCCNC(=NC)N1CCN(C2CC2)C(=O)C1.I. The van der Waals surface area contributed by atoms with Crippen LogP contribution in [-0.2, 0) is 4.79 Å². The van der Waals surface area contributed by atoms with Crippen LogP contribution in [0.5, 0.6) is 0 Å². The van der Waals surface area contributed by atoms with Gasteiger partial charge < -0.3 is 15.1 Å². The third-order valence-corrected chi connectivity index (χ3v) is 4.33. The van der Waals surface area contributed by atoms with Gasteiger partial charge in [0.15, 0.2) is 5.96 Å². The molecule has 1 saturated carbocycles. The molecule has 1 aliphatic carbocycles. The van der Waals surface area contributed by atoms with Gasteiger partial charge in [0.25, 0.3) is 0 Å². The van der Waals surface area contributed by atoms with E-state index in [2.05, 4.69) is 16.2 Å². The van der Waals surface area contributed by atoms with Crippen LogP contribution in [-0.4, -0.2) is 72.4 Å². The lowest BCUT2D eigenvalue weighted by Gasteiger charge is -2.36. The molecule has 7 heteroatoms. The zero-order valence-corrected chi connectivity index (χ0v) is 15.5. The number of aliphatic imine (C=N–C) groups is 1. The number of piperazine rings is 1. The molecule has 1 saturated heterocycles. The van der Waals surface area contributed by atoms with Gasteiger partial charge in [0.05, 0.1) is 12.3 Å². The van der Waals surface area contributed by atoms with E-state index in [4.69, 9.17) is 6.42 Å². The van der Waals surface area contributed by atoms with E-state index in [0.717, 1.165) is 37.1 Å². The summed E-state index contributed by atoms with van der Waals surface area (Å²) in [6, 6.07) is 0.514. The maximum atomic E-state index is 12.1. The first-order valence-electron chi connectivity index (χ1n) is 7.02. The molecule has 0 aromatic rings. The molecular weight excluding hydrogens is 399 g/mol. The van der Waals surface area contributed by atoms with Crippen molar-refractivity contribution in [3.63, 3.8) is 0 Å². The van der Waals surface area contributed by atoms with Crippen molar-refractivity contribution in [3.05, 3.63) is 0 Å². The van der Waals surface area contributed by atoms with E-state index in [1.807, 2.05) is 9.80 Å². The number of nitrogens with one attached hydrogen (secondary N) is 1. The number of hydrogen-bond donors (Lipinski definition) is 1. The monoisotopic (exact) mass is 422 g/mol. The van der Waals surface area contributed by atoms with E-state index in [9.17, 15) is 4.79 Å². The molecule has 1 amide bonds. The Morgan fingerprint density at radius 2 is 2.29 bits per heavy atom. The standard InChI is InChI=1S/C14H22N4OS.HI/c1-3-9-20-10-6-16-14(15-2)17-7-8-18(12-4-5-12)13(19)11-17;/h1,12H,4-11H2,2H3,(H,15,16);1H. The van der Waals surface area contributed by atoms with E-state index >= 15 is 0 Å². The van der Waals surface area contributed by atoms with Crippen LogP contribution in [0.3, 0.4) is 0 Å². The van der Waals surface area contributed by atoms with Crippen molar-refractivity contribution >= 4 is 47.6 Å². The number of nitrogens with zero attached hydrogens (tertiary/aromatic N) is 3. The van der Waals surface area contributed by atoms with Gasteiger partial charge >= 0.3 is 0 Å². The average molecular weight is 422 g/mol. The average Bonchev–Trinajstić information content (AvgIpc) is 3.27. The second-order valence-electron chi connectivity index (χ2n) is 4.97. The summed E-state index contributed by atoms with van der Waals surface area (Å²) in [5.74, 6) is 5.32. The molecule has 0 bridgehead atoms. The van der Waals surface area contributed by atoms with Crippen molar-refractivity contribution in [1.29, 1.82) is 0 Å². The van der Waals surface area contributed by atoms with E-state index in [-0.39, 0.29) is 29.9 Å². The smallest absolute Gasteiger partial charge is 0.242 e. The van der Waals surface area contributed by atoms with Gasteiger partial charge in [0.2, 0.25) is 5.91 Å². The van der Waals surface area contributed by atoms with Gasteiger partial charge in [-0.3, -0.25) is 9.79 Å². The highest BCUT2D eigenvalue weighted by Gasteiger charge is 2.36. The molecule has 5 nitrogen and oxygen atoms in total. The van der Waals surface area contributed by atoms with Crippen molar-refractivity contribution in [2.45, 2.75) is 18.9 Å². The van der Waals surface area contributed by atoms with Crippen molar-refractivity contribution in [2.24, 2.45) is 4.99 Å². The number of carbonyl (C=O) groups is 1. The second kappa shape index (κ2) is 9.41. The number of rotatable bonds is 5. The molecular formula is C14H23IN4OS. The minimum atomic E-state index is 0. The van der Waals surface area contributed by atoms with E-state index < -0.39 is 0 Å². The number of guanidine groups is 1. The number of halogens is 1. The quantitative estimate of drug-likeness (QED) is 0.235. The van der Waals surface area contributed by atoms with Gasteiger partial charge in [-0.05, 0) is 12.8 Å². The maximum absolute atomic E-state index is 12.1. The van der Waals surface area contributed by atoms with E-state index in [1.165, 1.54) is 12.8 Å². The molecule has 2 fully saturated rings. The zero-order chi connectivity index (χ0) is 14.4. The molecule has 118 valence electrons. The number of hydrogen-bond acceptors (Lipinski definition) is 3. The molecule has 1 aliphatic heterocycles. The summed E-state index contributed by atoms with van der Waals surface area (Å²) in [7, 11) is 1.76. The summed E-state index contributed by atoms with van der Waals surface area (Å²) in [5, 5.41) is 3.29. The molecule has 0 radical (unpaired) electrons. The topological polar surface area (TPSA) is 47.9 Å². The van der Waals surface area contributed by atoms with Crippen LogP contribution >= 0.6 is 35.7 Å². The summed E-state index contributed by atoms with van der Waals surface area (Å²) in [4.78, 5) is 20.4. The molecule has 1 heterocycles. The van der Waals surface area contributed by atoms with Gasteiger partial charge in [0.1, 0.15) is 0 Å². The highest BCUT2D eigenvalue weighted by atomic mass is 127. The number of amides is 1. The van der Waals surface area contributed by atoms with E-state index in [0.29, 0.717) is 12.6 Å². The van der Waals surface area contributed by atoms with Gasteiger partial charge in [-0.15, -0.1) is 42.2 Å². The lowest BCUT2D eigenvalue weighted by atomic mass is 10.3. The Labute approximate surface area is 148 Å². The predicted molar refractivity (Wildman–Crippen MR) is 99.2 cm³/mol. The molecule has 2 aliphatic rings. The van der Waals surface area contributed by atoms with Crippen LogP contribution < -0.4 is 5.32 Å². The molecule has 0 aromatic heterocycles. The Kier molecular flexibility index (Phi) is 8.26. The van der Waals surface area contributed by atoms with Gasteiger partial charge in [0, 0.05) is 38.5 Å². The summed E-state index contributed by atoms with van der Waals surface area (Å²) in [5.41, 5.74) is 0. The summed E-state index contributed by atoms with van der Waals surface area (Å²) in [6.07, 6.45) is 7.55. The zero-order valence-electron chi connectivity index (χ0n) is 12.4. The summed E-state index contributed by atoms with van der Waals surface area (Å²) in [6.45, 7) is 2.93. The van der Waals surface area contributed by atoms with Crippen molar-refractivity contribution in [2.75, 3.05) is 44.7 Å². The van der Waals surface area contributed by atoms with Gasteiger partial charge in [-0.1, -0.05) is 5.92 Å². The minimum absolute atomic E-state index is 0. The van der Waals surface area contributed by atoms with Crippen LogP contribution in [0.15, 0.2) is 4.99 Å². The van der Waals surface area contributed by atoms with Crippen LogP contribution in [0, 0.1) is 12.3 Å². The Morgan fingerprint density at radius 1 is 1.52 bits per heavy atom. The normalized spacial score (nSPS) is 19.0. The first-order valence-corrected chi connectivity index (χ1v) is 8.18. The largest absolute Gasteiger partial charge is 0.355 e. The molecule has 21 heavy (non-hydrogen) atoms. The third kappa shape index (κ3) is 5.58. The minimum Gasteiger partial charge on any atom is -0.355 e. The van der Waals surface area contributed by atoms with Crippen molar-refractivity contribution in [1.82, 2.24) is 15.1 Å². The van der Waals surface area contributed by atoms with Crippen molar-refractivity contribution in [3.8, 4) is 12.3 Å². The van der Waals surface area contributed by atoms with Crippen LogP contribution in [0.4, 0.5) is 0 Å². The van der Waals surface area contributed by atoms with Crippen LogP contribution in [0.2, 0.25) is 0 Å². The third-order valence-electron chi connectivity index (χ3n) is 3.47. The molecule has 0 unspecified atom stereocenters. The Morgan fingerprint density at radius 3 is 2.86 bits per heavy atom. The fourth-order valence-electron chi connectivity index (χ4n) is 2.34. The highest BCUT2D eigenvalue weighted by molar-refractivity contribution is 14.0. The number of terminal acetylenes is 1. The molecule has 1 N–H and O–H groups in total. The van der Waals surface area contributed by atoms with Crippen LogP contribution in [0.25, 0.3) is 0 Å². The molecule has 0 atom stereocenters. The van der Waals surface area contributed by atoms with Gasteiger partial charge in [-0.25, -0.2) is 0 Å². The number of carbonyl (C=O) groups excluding carboxylic acids is 1. The second-order valence-corrected chi connectivity index (χ2v) is 6.08. The fourth-order valence-corrected chi connectivity index (χ4v) is 2.85. The first kappa shape index (κ1) is 18.4. The lowest BCUT2D eigenvalue weighted by molar-refractivity contribution is -0.135. The van der Waals surface area contributed by atoms with Crippen molar-refractivity contribution < 1.29 is 4.79 Å². The van der Waals surface area contributed by atoms with E-state index in [1.54, 1.807) is 18.8 Å². The lowest BCUT2D eigenvalue weighted by Crippen LogP contribution is -2.55.